The molecule has 0 radical (unpaired) electrons. The smallest absolute Gasteiger partial charge is 0.271 e. The van der Waals surface area contributed by atoms with E-state index < -0.39 is 18.0 Å². The fourth-order valence-corrected chi connectivity index (χ4v) is 1.58. The molecule has 8 heteroatoms. The average molecular weight is 273 g/mol. The molecule has 1 N–H and O–H groups in total. The number of nitrogens with zero attached hydrogens (tertiary/aromatic N) is 3. The number of aliphatic hydroxyl groups is 1. The Morgan fingerprint density at radius 3 is 3.00 bits per heavy atom. The van der Waals surface area contributed by atoms with Crippen molar-refractivity contribution in [2.75, 3.05) is 26.4 Å². The predicted molar refractivity (Wildman–Crippen MR) is 66.0 cm³/mol. The molecule has 0 amide bonds. The lowest BCUT2D eigenvalue weighted by Crippen LogP contribution is -2.51. The van der Waals surface area contributed by atoms with Gasteiger partial charge in [0.1, 0.15) is 6.10 Å². The highest BCUT2D eigenvalue weighted by Crippen LogP contribution is 2.25. The number of aliphatic hydroxyl groups excluding tert-OH is 1. The molecule has 1 fully saturated rings. The minimum absolute atomic E-state index is 0.0727. The fraction of sp³-hybridized carbons (Fsp3) is 0.818. The first kappa shape index (κ1) is 15.6. The van der Waals surface area contributed by atoms with Crippen LogP contribution in [0.15, 0.2) is 17.6 Å². The third-order valence-electron chi connectivity index (χ3n) is 2.43. The van der Waals surface area contributed by atoms with Crippen molar-refractivity contribution in [2.45, 2.75) is 31.8 Å². The molecular weight excluding hydrogens is 254 g/mol. The van der Waals surface area contributed by atoms with Crippen molar-refractivity contribution in [1.82, 2.24) is 0 Å². The SMILES string of the molecule is C=C(OCCN=[N+]=[N-])OC1COC(C)(C)O[C@H]1CO. The Kier molecular flexibility index (Phi) is 5.91. The first-order valence-electron chi connectivity index (χ1n) is 5.90. The molecule has 1 heterocycles. The zero-order valence-corrected chi connectivity index (χ0v) is 11.1. The zero-order valence-electron chi connectivity index (χ0n) is 11.1. The minimum Gasteiger partial charge on any atom is -0.466 e. The highest BCUT2D eigenvalue weighted by atomic mass is 16.7. The lowest BCUT2D eigenvalue weighted by molar-refractivity contribution is -0.314. The van der Waals surface area contributed by atoms with E-state index in [1.165, 1.54) is 0 Å². The van der Waals surface area contributed by atoms with Gasteiger partial charge in [-0.15, -0.1) is 0 Å². The van der Waals surface area contributed by atoms with Gasteiger partial charge in [-0.1, -0.05) is 5.11 Å². The van der Waals surface area contributed by atoms with Crippen molar-refractivity contribution in [3.8, 4) is 0 Å². The van der Waals surface area contributed by atoms with Gasteiger partial charge in [-0.3, -0.25) is 0 Å². The first-order chi connectivity index (χ1) is 8.98. The van der Waals surface area contributed by atoms with Crippen LogP contribution in [0.3, 0.4) is 0 Å². The quantitative estimate of drug-likeness (QED) is 0.247. The van der Waals surface area contributed by atoms with E-state index in [9.17, 15) is 5.11 Å². The third-order valence-corrected chi connectivity index (χ3v) is 2.43. The van der Waals surface area contributed by atoms with Gasteiger partial charge in [0.2, 0.25) is 0 Å². The van der Waals surface area contributed by atoms with Crippen molar-refractivity contribution in [1.29, 1.82) is 0 Å². The van der Waals surface area contributed by atoms with E-state index in [2.05, 4.69) is 16.6 Å². The summed E-state index contributed by atoms with van der Waals surface area (Å²) in [5.41, 5.74) is 8.10. The van der Waals surface area contributed by atoms with Gasteiger partial charge in [0.05, 0.1) is 26.4 Å². The van der Waals surface area contributed by atoms with E-state index in [-0.39, 0.29) is 32.3 Å². The lowest BCUT2D eigenvalue weighted by atomic mass is 10.2. The highest BCUT2D eigenvalue weighted by molar-refractivity contribution is 4.82. The number of hydrogen-bond acceptors (Lipinski definition) is 6. The Labute approximate surface area is 111 Å². The molecule has 19 heavy (non-hydrogen) atoms. The average Bonchev–Trinajstić information content (AvgIpc) is 2.36. The second kappa shape index (κ2) is 7.20. The monoisotopic (exact) mass is 273 g/mol. The van der Waals surface area contributed by atoms with Gasteiger partial charge in [-0.05, 0) is 26.0 Å². The molecule has 0 bridgehead atoms. The van der Waals surface area contributed by atoms with Gasteiger partial charge >= 0.3 is 0 Å². The van der Waals surface area contributed by atoms with Gasteiger partial charge in [0, 0.05) is 4.91 Å². The first-order valence-corrected chi connectivity index (χ1v) is 5.90. The molecule has 0 spiro atoms. The highest BCUT2D eigenvalue weighted by Gasteiger charge is 2.37. The molecule has 1 aliphatic heterocycles. The number of hydrogen-bond donors (Lipinski definition) is 1. The minimum atomic E-state index is -0.753. The molecule has 0 aliphatic carbocycles. The summed E-state index contributed by atoms with van der Waals surface area (Å²) >= 11 is 0. The summed E-state index contributed by atoms with van der Waals surface area (Å²) in [4.78, 5) is 2.59. The van der Waals surface area contributed by atoms with E-state index in [4.69, 9.17) is 24.5 Å². The van der Waals surface area contributed by atoms with Crippen LogP contribution in [0, 0.1) is 0 Å². The van der Waals surface area contributed by atoms with Crippen LogP contribution in [0.5, 0.6) is 0 Å². The van der Waals surface area contributed by atoms with Crippen molar-refractivity contribution >= 4 is 0 Å². The van der Waals surface area contributed by atoms with Crippen molar-refractivity contribution in [3.63, 3.8) is 0 Å². The van der Waals surface area contributed by atoms with Crippen LogP contribution in [0.25, 0.3) is 10.4 Å². The van der Waals surface area contributed by atoms with Gasteiger partial charge in [-0.25, -0.2) is 0 Å². The topological polar surface area (TPSA) is 106 Å². The maximum Gasteiger partial charge on any atom is 0.271 e. The Hall–Kier alpha value is -1.47. The van der Waals surface area contributed by atoms with Crippen LogP contribution in [0.4, 0.5) is 0 Å². The lowest BCUT2D eigenvalue weighted by Gasteiger charge is -2.40. The summed E-state index contributed by atoms with van der Waals surface area (Å²) in [5.74, 6) is -0.680. The number of rotatable bonds is 7. The number of ether oxygens (including phenoxy) is 4. The third kappa shape index (κ3) is 5.35. The molecule has 1 saturated heterocycles. The Bertz CT molecular complexity index is 354. The van der Waals surface area contributed by atoms with E-state index in [0.29, 0.717) is 0 Å². The zero-order chi connectivity index (χ0) is 14.3. The molecule has 0 aromatic carbocycles. The molecule has 1 rings (SSSR count). The largest absolute Gasteiger partial charge is 0.466 e. The van der Waals surface area contributed by atoms with Gasteiger partial charge in [-0.2, -0.15) is 0 Å². The van der Waals surface area contributed by atoms with Crippen molar-refractivity contribution in [2.24, 2.45) is 5.11 Å². The Morgan fingerprint density at radius 1 is 1.63 bits per heavy atom. The summed E-state index contributed by atoms with van der Waals surface area (Å²) in [6.07, 6.45) is -1.01. The summed E-state index contributed by atoms with van der Waals surface area (Å²) in [6, 6.07) is 0. The molecule has 0 aromatic rings. The van der Waals surface area contributed by atoms with Crippen LogP contribution in [-0.4, -0.2) is 49.5 Å². The molecule has 8 nitrogen and oxygen atoms in total. The van der Waals surface area contributed by atoms with Gasteiger partial charge in [0.15, 0.2) is 11.9 Å². The van der Waals surface area contributed by atoms with Gasteiger partial charge < -0.3 is 24.1 Å². The molecule has 108 valence electrons. The second-order valence-corrected chi connectivity index (χ2v) is 4.38. The van der Waals surface area contributed by atoms with E-state index in [1.54, 1.807) is 13.8 Å². The van der Waals surface area contributed by atoms with Crippen LogP contribution < -0.4 is 0 Å². The maximum absolute atomic E-state index is 9.27. The Morgan fingerprint density at radius 2 is 2.37 bits per heavy atom. The molecule has 1 aliphatic rings. The van der Waals surface area contributed by atoms with Crippen LogP contribution in [-0.2, 0) is 18.9 Å². The van der Waals surface area contributed by atoms with Crippen LogP contribution in [0.2, 0.25) is 0 Å². The molecular formula is C11H19N3O5. The van der Waals surface area contributed by atoms with Crippen molar-refractivity contribution in [3.05, 3.63) is 23.0 Å². The normalized spacial score (nSPS) is 25.2. The molecule has 0 aromatic heterocycles. The summed E-state index contributed by atoms with van der Waals surface area (Å²) in [6.45, 7) is 7.53. The fourth-order valence-electron chi connectivity index (χ4n) is 1.58. The standard InChI is InChI=1S/C11H19N3O5/c1-8(16-5-4-13-14-12)18-10-7-17-11(2,3)19-9(10)6-15/h9-10,15H,1,4-7H2,2-3H3/t9-,10?/m0/s1. The summed E-state index contributed by atoms with van der Waals surface area (Å²) in [5, 5.41) is 12.6. The Balaban J connectivity index is 2.38. The van der Waals surface area contributed by atoms with E-state index >= 15 is 0 Å². The van der Waals surface area contributed by atoms with Gasteiger partial charge in [0.25, 0.3) is 5.95 Å². The second-order valence-electron chi connectivity index (χ2n) is 4.38. The summed E-state index contributed by atoms with van der Waals surface area (Å²) < 4.78 is 21.5. The summed E-state index contributed by atoms with van der Waals surface area (Å²) in [7, 11) is 0. The van der Waals surface area contributed by atoms with E-state index in [1.807, 2.05) is 0 Å². The van der Waals surface area contributed by atoms with Crippen LogP contribution >= 0.6 is 0 Å². The molecule has 1 unspecified atom stereocenters. The van der Waals surface area contributed by atoms with E-state index in [0.717, 1.165) is 0 Å². The number of azide groups is 1. The van der Waals surface area contributed by atoms with Crippen LogP contribution in [0.1, 0.15) is 13.8 Å². The van der Waals surface area contributed by atoms with Crippen molar-refractivity contribution < 1.29 is 24.1 Å². The predicted octanol–water partition coefficient (Wildman–Crippen LogP) is 1.31. The maximum atomic E-state index is 9.27. The molecule has 2 atom stereocenters. The molecule has 0 saturated carbocycles.